The highest BCUT2D eigenvalue weighted by Crippen LogP contribution is 2.33. The third-order valence-electron chi connectivity index (χ3n) is 3.63. The van der Waals surface area contributed by atoms with Crippen molar-refractivity contribution in [3.05, 3.63) is 0 Å². The van der Waals surface area contributed by atoms with E-state index in [1.807, 2.05) is 0 Å². The molecule has 1 saturated carbocycles. The second-order valence-corrected chi connectivity index (χ2v) is 5.36. The summed E-state index contributed by atoms with van der Waals surface area (Å²) in [7, 11) is 0. The zero-order valence-electron chi connectivity index (χ0n) is 9.80. The summed E-state index contributed by atoms with van der Waals surface area (Å²) < 4.78 is 0. The Balaban J connectivity index is 2.10. The van der Waals surface area contributed by atoms with Crippen molar-refractivity contribution in [1.82, 2.24) is 0 Å². The van der Waals surface area contributed by atoms with Gasteiger partial charge in [0.15, 0.2) is 0 Å². The summed E-state index contributed by atoms with van der Waals surface area (Å²) in [5.74, 6) is 1.51. The molecule has 88 valence electrons. The zero-order chi connectivity index (χ0) is 11.1. The highest BCUT2D eigenvalue weighted by atomic mass is 35.5. The fourth-order valence-corrected chi connectivity index (χ4v) is 2.85. The lowest BCUT2D eigenvalue weighted by Gasteiger charge is -2.27. The highest BCUT2D eigenvalue weighted by molar-refractivity contribution is 6.63. The van der Waals surface area contributed by atoms with Crippen molar-refractivity contribution < 1.29 is 4.79 Å². The van der Waals surface area contributed by atoms with Crippen molar-refractivity contribution in [2.45, 2.75) is 64.7 Å². The van der Waals surface area contributed by atoms with E-state index in [9.17, 15) is 4.79 Å². The van der Waals surface area contributed by atoms with Gasteiger partial charge >= 0.3 is 0 Å². The average Bonchev–Trinajstić information content (AvgIpc) is 2.20. The van der Waals surface area contributed by atoms with Gasteiger partial charge in [-0.25, -0.2) is 0 Å². The van der Waals surface area contributed by atoms with Crippen molar-refractivity contribution in [3.8, 4) is 0 Å². The summed E-state index contributed by atoms with van der Waals surface area (Å²) in [6, 6.07) is 0. The van der Waals surface area contributed by atoms with Gasteiger partial charge in [0, 0.05) is 6.42 Å². The standard InChI is InChI=1S/C13H23ClO/c1-2-3-4-5-11-6-8-12(9-7-11)10-13(14)15/h11-12H,2-10H2,1H3/t11-,12-. The summed E-state index contributed by atoms with van der Waals surface area (Å²) in [5, 5.41) is -0.149. The van der Waals surface area contributed by atoms with Crippen molar-refractivity contribution in [2.24, 2.45) is 11.8 Å². The van der Waals surface area contributed by atoms with Gasteiger partial charge in [-0.15, -0.1) is 0 Å². The molecular formula is C13H23ClO. The first-order valence-electron chi connectivity index (χ1n) is 6.40. The van der Waals surface area contributed by atoms with Gasteiger partial charge in [0.1, 0.15) is 0 Å². The number of halogens is 1. The SMILES string of the molecule is CCCCC[C@H]1CC[C@H](CC(=O)Cl)CC1. The number of hydrogen-bond acceptors (Lipinski definition) is 1. The summed E-state index contributed by atoms with van der Waals surface area (Å²) in [4.78, 5) is 10.8. The van der Waals surface area contributed by atoms with Crippen LogP contribution in [0.2, 0.25) is 0 Å². The van der Waals surface area contributed by atoms with Crippen molar-refractivity contribution in [1.29, 1.82) is 0 Å². The van der Waals surface area contributed by atoms with E-state index in [0.717, 1.165) is 5.92 Å². The molecule has 0 spiro atoms. The molecule has 1 aliphatic rings. The van der Waals surface area contributed by atoms with E-state index < -0.39 is 0 Å². The van der Waals surface area contributed by atoms with Crippen LogP contribution in [0.25, 0.3) is 0 Å². The maximum atomic E-state index is 10.8. The van der Waals surface area contributed by atoms with Crippen molar-refractivity contribution in [2.75, 3.05) is 0 Å². The molecule has 0 unspecified atom stereocenters. The fourth-order valence-electron chi connectivity index (χ4n) is 2.63. The number of rotatable bonds is 6. The van der Waals surface area contributed by atoms with Gasteiger partial charge < -0.3 is 0 Å². The van der Waals surface area contributed by atoms with Crippen LogP contribution in [0.4, 0.5) is 0 Å². The first-order valence-corrected chi connectivity index (χ1v) is 6.78. The summed E-state index contributed by atoms with van der Waals surface area (Å²) in [6.07, 6.45) is 11.1. The Hall–Kier alpha value is -0.0400. The van der Waals surface area contributed by atoms with Crippen LogP contribution >= 0.6 is 11.6 Å². The van der Waals surface area contributed by atoms with E-state index in [1.54, 1.807) is 0 Å². The van der Waals surface area contributed by atoms with Gasteiger partial charge in [-0.2, -0.15) is 0 Å². The van der Waals surface area contributed by atoms with Crippen LogP contribution in [0, 0.1) is 11.8 Å². The molecule has 0 N–H and O–H groups in total. The molecule has 0 radical (unpaired) electrons. The molecule has 0 aliphatic heterocycles. The molecule has 0 aromatic carbocycles. The monoisotopic (exact) mass is 230 g/mol. The minimum Gasteiger partial charge on any atom is -0.281 e. The fraction of sp³-hybridized carbons (Fsp3) is 0.923. The Kier molecular flexibility index (Phi) is 6.31. The number of unbranched alkanes of at least 4 members (excludes halogenated alkanes) is 2. The molecule has 1 fully saturated rings. The van der Waals surface area contributed by atoms with Crippen LogP contribution in [0.15, 0.2) is 0 Å². The molecule has 1 nitrogen and oxygen atoms in total. The lowest BCUT2D eigenvalue weighted by atomic mass is 9.79. The molecule has 0 amide bonds. The summed E-state index contributed by atoms with van der Waals surface area (Å²) in [6.45, 7) is 2.25. The van der Waals surface area contributed by atoms with Gasteiger partial charge in [-0.1, -0.05) is 45.4 Å². The van der Waals surface area contributed by atoms with E-state index in [4.69, 9.17) is 11.6 Å². The first-order chi connectivity index (χ1) is 7.22. The maximum Gasteiger partial charge on any atom is 0.221 e. The Bertz CT molecular complexity index is 183. The van der Waals surface area contributed by atoms with Crippen LogP contribution < -0.4 is 0 Å². The van der Waals surface area contributed by atoms with Gasteiger partial charge in [0.25, 0.3) is 0 Å². The molecule has 0 aromatic rings. The largest absolute Gasteiger partial charge is 0.281 e. The molecule has 0 heterocycles. The minimum absolute atomic E-state index is 0.149. The number of hydrogen-bond donors (Lipinski definition) is 0. The van der Waals surface area contributed by atoms with Crippen LogP contribution in [-0.2, 0) is 4.79 Å². The van der Waals surface area contributed by atoms with E-state index in [1.165, 1.54) is 51.4 Å². The van der Waals surface area contributed by atoms with E-state index in [-0.39, 0.29) is 5.24 Å². The maximum absolute atomic E-state index is 10.8. The second-order valence-electron chi connectivity index (χ2n) is 4.94. The van der Waals surface area contributed by atoms with Gasteiger partial charge in [-0.05, 0) is 36.3 Å². The number of carbonyl (C=O) groups excluding carboxylic acids is 1. The van der Waals surface area contributed by atoms with E-state index >= 15 is 0 Å². The third kappa shape index (κ3) is 5.55. The third-order valence-corrected chi connectivity index (χ3v) is 3.79. The van der Waals surface area contributed by atoms with Crippen molar-refractivity contribution >= 4 is 16.8 Å². The number of carbonyl (C=O) groups is 1. The molecule has 1 aliphatic carbocycles. The normalized spacial score (nSPS) is 26.5. The molecule has 0 atom stereocenters. The molecule has 2 heteroatoms. The van der Waals surface area contributed by atoms with Crippen LogP contribution in [0.1, 0.15) is 64.7 Å². The highest BCUT2D eigenvalue weighted by Gasteiger charge is 2.21. The molecule has 0 bridgehead atoms. The van der Waals surface area contributed by atoms with Gasteiger partial charge in [0.2, 0.25) is 5.24 Å². The van der Waals surface area contributed by atoms with Crippen LogP contribution in [0.3, 0.4) is 0 Å². The smallest absolute Gasteiger partial charge is 0.221 e. The molecule has 0 saturated heterocycles. The Labute approximate surface area is 98.6 Å². The lowest BCUT2D eigenvalue weighted by Crippen LogP contribution is -2.16. The average molecular weight is 231 g/mol. The second kappa shape index (κ2) is 7.27. The van der Waals surface area contributed by atoms with E-state index in [2.05, 4.69) is 6.92 Å². The zero-order valence-corrected chi connectivity index (χ0v) is 10.6. The van der Waals surface area contributed by atoms with Crippen LogP contribution in [0.5, 0.6) is 0 Å². The quantitative estimate of drug-likeness (QED) is 0.484. The van der Waals surface area contributed by atoms with Gasteiger partial charge in [-0.3, -0.25) is 4.79 Å². The van der Waals surface area contributed by atoms with E-state index in [0.29, 0.717) is 12.3 Å². The topological polar surface area (TPSA) is 17.1 Å². The first kappa shape index (κ1) is 13.0. The summed E-state index contributed by atoms with van der Waals surface area (Å²) >= 11 is 5.41. The van der Waals surface area contributed by atoms with Gasteiger partial charge in [0.05, 0.1) is 0 Å². The minimum atomic E-state index is -0.149. The predicted molar refractivity (Wildman–Crippen MR) is 65.1 cm³/mol. The Morgan fingerprint density at radius 1 is 1.13 bits per heavy atom. The summed E-state index contributed by atoms with van der Waals surface area (Å²) in [5.41, 5.74) is 0. The molecule has 1 rings (SSSR count). The molecular weight excluding hydrogens is 208 g/mol. The molecule has 0 aromatic heterocycles. The predicted octanol–water partition coefficient (Wildman–Crippen LogP) is 4.53. The Morgan fingerprint density at radius 2 is 1.73 bits per heavy atom. The van der Waals surface area contributed by atoms with Crippen LogP contribution in [-0.4, -0.2) is 5.24 Å². The lowest BCUT2D eigenvalue weighted by molar-refractivity contribution is -0.112. The molecule has 15 heavy (non-hydrogen) atoms. The van der Waals surface area contributed by atoms with Crippen molar-refractivity contribution in [3.63, 3.8) is 0 Å². The Morgan fingerprint density at radius 3 is 2.27 bits per heavy atom.